The van der Waals surface area contributed by atoms with Crippen LogP contribution in [0.4, 0.5) is 5.69 Å². The number of anilines is 1. The van der Waals surface area contributed by atoms with Gasteiger partial charge in [0.15, 0.2) is 0 Å². The van der Waals surface area contributed by atoms with Crippen molar-refractivity contribution in [2.24, 2.45) is 0 Å². The summed E-state index contributed by atoms with van der Waals surface area (Å²) in [4.78, 5) is 13.8. The standard InChI is InChI=1S/C16H24N2O2/c1-18(2)16(19)14-9-4-5-10-15(14)17-12-7-6-8-13(11-12)20-3/h4-5,9-10,12-13,17H,6-8,11H2,1-3H3. The summed E-state index contributed by atoms with van der Waals surface area (Å²) in [5, 5.41) is 3.52. The molecule has 4 heteroatoms. The molecule has 0 aromatic heterocycles. The third kappa shape index (κ3) is 3.51. The van der Waals surface area contributed by atoms with E-state index < -0.39 is 0 Å². The maximum absolute atomic E-state index is 12.2. The van der Waals surface area contributed by atoms with Gasteiger partial charge in [-0.2, -0.15) is 0 Å². The number of carbonyl (C=O) groups excluding carboxylic acids is 1. The Labute approximate surface area is 121 Å². The van der Waals surface area contributed by atoms with Gasteiger partial charge in [0, 0.05) is 32.9 Å². The molecular formula is C16H24N2O2. The zero-order valence-electron chi connectivity index (χ0n) is 12.6. The molecule has 1 aromatic carbocycles. The average Bonchev–Trinajstić information content (AvgIpc) is 2.47. The Balaban J connectivity index is 2.11. The van der Waals surface area contributed by atoms with E-state index in [1.165, 1.54) is 6.42 Å². The summed E-state index contributed by atoms with van der Waals surface area (Å²) in [6.45, 7) is 0. The largest absolute Gasteiger partial charge is 0.382 e. The van der Waals surface area contributed by atoms with E-state index in [0.717, 1.165) is 30.5 Å². The van der Waals surface area contributed by atoms with Crippen molar-refractivity contribution in [3.8, 4) is 0 Å². The number of hydrogen-bond donors (Lipinski definition) is 1. The SMILES string of the molecule is COC1CCCC(Nc2ccccc2C(=O)N(C)C)C1. The summed E-state index contributed by atoms with van der Waals surface area (Å²) in [5.41, 5.74) is 1.66. The van der Waals surface area contributed by atoms with Gasteiger partial charge in [-0.05, 0) is 37.8 Å². The molecule has 20 heavy (non-hydrogen) atoms. The third-order valence-corrected chi connectivity index (χ3v) is 3.88. The molecule has 2 unspecified atom stereocenters. The summed E-state index contributed by atoms with van der Waals surface area (Å²) < 4.78 is 5.46. The highest BCUT2D eigenvalue weighted by Crippen LogP contribution is 2.25. The number of nitrogens with zero attached hydrogens (tertiary/aromatic N) is 1. The van der Waals surface area contributed by atoms with Crippen LogP contribution in [0.5, 0.6) is 0 Å². The predicted molar refractivity (Wildman–Crippen MR) is 81.1 cm³/mol. The fourth-order valence-corrected chi connectivity index (χ4v) is 2.75. The lowest BCUT2D eigenvalue weighted by molar-refractivity contribution is 0.0669. The Morgan fingerprint density at radius 2 is 2.05 bits per heavy atom. The summed E-state index contributed by atoms with van der Waals surface area (Å²) in [6.07, 6.45) is 4.76. The van der Waals surface area contributed by atoms with Crippen molar-refractivity contribution in [1.29, 1.82) is 0 Å². The summed E-state index contributed by atoms with van der Waals surface area (Å²) in [5.74, 6) is 0.0344. The van der Waals surface area contributed by atoms with Gasteiger partial charge in [0.1, 0.15) is 0 Å². The number of nitrogens with one attached hydrogen (secondary N) is 1. The maximum Gasteiger partial charge on any atom is 0.255 e. The molecule has 1 N–H and O–H groups in total. The zero-order chi connectivity index (χ0) is 14.5. The van der Waals surface area contributed by atoms with E-state index in [2.05, 4.69) is 5.32 Å². The van der Waals surface area contributed by atoms with Crippen LogP contribution in [0.25, 0.3) is 0 Å². The summed E-state index contributed by atoms with van der Waals surface area (Å²) >= 11 is 0. The van der Waals surface area contributed by atoms with Gasteiger partial charge in [0.2, 0.25) is 0 Å². The first-order valence-electron chi connectivity index (χ1n) is 7.22. The normalized spacial score (nSPS) is 22.4. The lowest BCUT2D eigenvalue weighted by Crippen LogP contribution is -2.32. The number of carbonyl (C=O) groups is 1. The van der Waals surface area contributed by atoms with Crippen molar-refractivity contribution < 1.29 is 9.53 Å². The van der Waals surface area contributed by atoms with Crippen molar-refractivity contribution in [3.63, 3.8) is 0 Å². The van der Waals surface area contributed by atoms with E-state index in [-0.39, 0.29) is 5.91 Å². The first kappa shape index (κ1) is 14.9. The van der Waals surface area contributed by atoms with Crippen molar-refractivity contribution in [2.75, 3.05) is 26.5 Å². The van der Waals surface area contributed by atoms with Crippen molar-refractivity contribution in [2.45, 2.75) is 37.8 Å². The minimum Gasteiger partial charge on any atom is -0.382 e. The molecule has 0 heterocycles. The van der Waals surface area contributed by atoms with Gasteiger partial charge in [-0.15, -0.1) is 0 Å². The van der Waals surface area contributed by atoms with Crippen LogP contribution in [0, 0.1) is 0 Å². The molecule has 1 amide bonds. The van der Waals surface area contributed by atoms with E-state index in [4.69, 9.17) is 4.74 Å². The third-order valence-electron chi connectivity index (χ3n) is 3.88. The summed E-state index contributed by atoms with van der Waals surface area (Å²) in [7, 11) is 5.33. The highest BCUT2D eigenvalue weighted by atomic mass is 16.5. The van der Waals surface area contributed by atoms with Crippen LogP contribution in [-0.2, 0) is 4.74 Å². The maximum atomic E-state index is 12.2. The second-order valence-electron chi connectivity index (χ2n) is 5.61. The minimum absolute atomic E-state index is 0.0344. The quantitative estimate of drug-likeness (QED) is 0.919. The molecule has 0 saturated heterocycles. The number of amides is 1. The highest BCUT2D eigenvalue weighted by Gasteiger charge is 2.23. The molecule has 0 radical (unpaired) electrons. The van der Waals surface area contributed by atoms with Gasteiger partial charge < -0.3 is 15.0 Å². The van der Waals surface area contributed by atoms with Crippen LogP contribution in [0.15, 0.2) is 24.3 Å². The van der Waals surface area contributed by atoms with E-state index in [0.29, 0.717) is 12.1 Å². The molecule has 1 aromatic rings. The minimum atomic E-state index is 0.0344. The number of hydrogen-bond acceptors (Lipinski definition) is 3. The Morgan fingerprint density at radius 3 is 2.75 bits per heavy atom. The Morgan fingerprint density at radius 1 is 1.30 bits per heavy atom. The smallest absolute Gasteiger partial charge is 0.255 e. The van der Waals surface area contributed by atoms with Crippen LogP contribution < -0.4 is 5.32 Å². The fraction of sp³-hybridized carbons (Fsp3) is 0.562. The van der Waals surface area contributed by atoms with Crippen molar-refractivity contribution >= 4 is 11.6 Å². The van der Waals surface area contributed by atoms with E-state index in [9.17, 15) is 4.79 Å². The van der Waals surface area contributed by atoms with Gasteiger partial charge in [-0.3, -0.25) is 4.79 Å². The molecule has 0 spiro atoms. The lowest BCUT2D eigenvalue weighted by atomic mass is 9.92. The van der Waals surface area contributed by atoms with Gasteiger partial charge in [-0.1, -0.05) is 12.1 Å². The molecule has 1 saturated carbocycles. The Hall–Kier alpha value is -1.55. The molecule has 110 valence electrons. The molecule has 0 bridgehead atoms. The van der Waals surface area contributed by atoms with Crippen LogP contribution in [-0.4, -0.2) is 44.2 Å². The van der Waals surface area contributed by atoms with Crippen LogP contribution in [0.1, 0.15) is 36.0 Å². The number of ether oxygens (including phenoxy) is 1. The van der Waals surface area contributed by atoms with E-state index in [1.54, 1.807) is 26.1 Å². The van der Waals surface area contributed by atoms with Crippen molar-refractivity contribution in [1.82, 2.24) is 4.90 Å². The average molecular weight is 276 g/mol. The monoisotopic (exact) mass is 276 g/mol. The molecule has 1 fully saturated rings. The topological polar surface area (TPSA) is 41.6 Å². The van der Waals surface area contributed by atoms with E-state index in [1.807, 2.05) is 24.3 Å². The van der Waals surface area contributed by atoms with E-state index >= 15 is 0 Å². The van der Waals surface area contributed by atoms with Gasteiger partial charge in [-0.25, -0.2) is 0 Å². The second-order valence-corrected chi connectivity index (χ2v) is 5.61. The summed E-state index contributed by atoms with van der Waals surface area (Å²) in [6, 6.07) is 8.10. The van der Waals surface area contributed by atoms with Gasteiger partial charge >= 0.3 is 0 Å². The Bertz CT molecular complexity index is 460. The number of para-hydroxylation sites is 1. The fourth-order valence-electron chi connectivity index (χ4n) is 2.75. The van der Waals surface area contributed by atoms with Gasteiger partial charge in [0.05, 0.1) is 11.7 Å². The lowest BCUT2D eigenvalue weighted by Gasteiger charge is -2.30. The molecule has 2 rings (SSSR count). The zero-order valence-corrected chi connectivity index (χ0v) is 12.6. The first-order valence-corrected chi connectivity index (χ1v) is 7.22. The second kappa shape index (κ2) is 6.75. The van der Waals surface area contributed by atoms with Gasteiger partial charge in [0.25, 0.3) is 5.91 Å². The highest BCUT2D eigenvalue weighted by molar-refractivity contribution is 5.99. The molecule has 1 aliphatic carbocycles. The molecule has 1 aliphatic rings. The predicted octanol–water partition coefficient (Wildman–Crippen LogP) is 2.76. The van der Waals surface area contributed by atoms with Crippen LogP contribution in [0.2, 0.25) is 0 Å². The molecule has 0 aliphatic heterocycles. The number of rotatable bonds is 4. The molecular weight excluding hydrogens is 252 g/mol. The number of benzene rings is 1. The van der Waals surface area contributed by atoms with Crippen LogP contribution in [0.3, 0.4) is 0 Å². The Kier molecular flexibility index (Phi) is 5.01. The molecule has 4 nitrogen and oxygen atoms in total. The van der Waals surface area contributed by atoms with Crippen LogP contribution >= 0.6 is 0 Å². The van der Waals surface area contributed by atoms with Crippen molar-refractivity contribution in [3.05, 3.63) is 29.8 Å². The number of methoxy groups -OCH3 is 1. The first-order chi connectivity index (χ1) is 9.61. The molecule has 2 atom stereocenters.